The zero-order valence-corrected chi connectivity index (χ0v) is 7.77. The summed E-state index contributed by atoms with van der Waals surface area (Å²) in [6.45, 7) is 0. The minimum absolute atomic E-state index is 0.338. The van der Waals surface area contributed by atoms with E-state index in [9.17, 15) is 9.18 Å². The van der Waals surface area contributed by atoms with E-state index in [1.54, 1.807) is 12.1 Å². The second-order valence-electron chi connectivity index (χ2n) is 2.73. The van der Waals surface area contributed by atoms with Gasteiger partial charge in [-0.05, 0) is 23.6 Å². The van der Waals surface area contributed by atoms with E-state index < -0.39 is 5.91 Å². The van der Waals surface area contributed by atoms with Crippen LogP contribution >= 0.6 is 11.3 Å². The second-order valence-corrected chi connectivity index (χ2v) is 3.82. The van der Waals surface area contributed by atoms with Gasteiger partial charge in [-0.15, -0.1) is 11.3 Å². The first-order valence-corrected chi connectivity index (χ1v) is 4.66. The molecule has 0 saturated heterocycles. The van der Waals surface area contributed by atoms with Gasteiger partial charge in [0.25, 0.3) is 5.91 Å². The van der Waals surface area contributed by atoms with E-state index in [1.807, 2.05) is 0 Å². The molecular formula is C9H6FNO2S. The molecule has 0 atom stereocenters. The Bertz CT molecular complexity index is 495. The van der Waals surface area contributed by atoms with Crippen molar-refractivity contribution in [3.63, 3.8) is 0 Å². The van der Waals surface area contributed by atoms with E-state index in [4.69, 9.17) is 5.21 Å². The normalized spacial score (nSPS) is 10.4. The summed E-state index contributed by atoms with van der Waals surface area (Å²) < 4.78 is 13.5. The number of hydrogen-bond donors (Lipinski definition) is 2. The maximum Gasteiger partial charge on any atom is 0.284 e. The molecule has 0 aliphatic rings. The molecule has 5 heteroatoms. The van der Waals surface area contributed by atoms with Crippen LogP contribution in [0.4, 0.5) is 4.39 Å². The van der Waals surface area contributed by atoms with Crippen LogP contribution in [0, 0.1) is 5.82 Å². The molecule has 72 valence electrons. The quantitative estimate of drug-likeness (QED) is 0.561. The van der Waals surface area contributed by atoms with Crippen molar-refractivity contribution in [2.24, 2.45) is 0 Å². The van der Waals surface area contributed by atoms with E-state index in [-0.39, 0.29) is 5.82 Å². The van der Waals surface area contributed by atoms with E-state index >= 15 is 0 Å². The summed E-state index contributed by atoms with van der Waals surface area (Å²) in [4.78, 5) is 11.4. The molecule has 1 heterocycles. The van der Waals surface area contributed by atoms with E-state index in [0.29, 0.717) is 9.58 Å². The Kier molecular flexibility index (Phi) is 2.18. The number of hydroxylamine groups is 1. The average Bonchev–Trinajstić information content (AvgIpc) is 2.59. The molecule has 0 aliphatic carbocycles. The van der Waals surface area contributed by atoms with Gasteiger partial charge in [0, 0.05) is 4.70 Å². The Labute approximate surface area is 82.7 Å². The highest BCUT2D eigenvalue weighted by molar-refractivity contribution is 7.20. The van der Waals surface area contributed by atoms with Crippen molar-refractivity contribution in [3.8, 4) is 0 Å². The molecule has 0 radical (unpaired) electrons. The maximum absolute atomic E-state index is 12.8. The number of rotatable bonds is 1. The molecule has 0 spiro atoms. The topological polar surface area (TPSA) is 49.3 Å². The fourth-order valence-electron chi connectivity index (χ4n) is 1.17. The molecule has 0 saturated carbocycles. The van der Waals surface area contributed by atoms with Crippen LogP contribution in [0.1, 0.15) is 9.67 Å². The summed E-state index contributed by atoms with van der Waals surface area (Å²) >= 11 is 1.13. The lowest BCUT2D eigenvalue weighted by atomic mass is 10.2. The SMILES string of the molecule is O=C(NO)c1cc2ccc(F)cc2s1. The minimum atomic E-state index is -0.577. The van der Waals surface area contributed by atoms with Gasteiger partial charge in [0.05, 0.1) is 4.88 Å². The number of carbonyl (C=O) groups excluding carboxylic acids is 1. The summed E-state index contributed by atoms with van der Waals surface area (Å²) in [5.41, 5.74) is 1.53. The zero-order chi connectivity index (χ0) is 10.1. The first kappa shape index (κ1) is 9.11. The molecule has 0 bridgehead atoms. The summed E-state index contributed by atoms with van der Waals surface area (Å²) in [7, 11) is 0. The molecule has 0 unspecified atom stereocenters. The number of halogens is 1. The van der Waals surface area contributed by atoms with Crippen molar-refractivity contribution >= 4 is 27.3 Å². The maximum atomic E-state index is 12.8. The van der Waals surface area contributed by atoms with E-state index in [2.05, 4.69) is 0 Å². The van der Waals surface area contributed by atoms with E-state index in [1.165, 1.54) is 17.6 Å². The molecule has 3 nitrogen and oxygen atoms in total. The lowest BCUT2D eigenvalue weighted by Gasteiger charge is -1.89. The molecule has 0 aliphatic heterocycles. The molecule has 1 amide bonds. The van der Waals surface area contributed by atoms with Gasteiger partial charge in [0.1, 0.15) is 5.82 Å². The van der Waals surface area contributed by atoms with Gasteiger partial charge in [0.2, 0.25) is 0 Å². The Morgan fingerprint density at radius 1 is 1.43 bits per heavy atom. The Morgan fingerprint density at radius 3 is 2.93 bits per heavy atom. The minimum Gasteiger partial charge on any atom is -0.288 e. The van der Waals surface area contributed by atoms with Crippen LogP contribution in [-0.2, 0) is 0 Å². The third kappa shape index (κ3) is 1.47. The fraction of sp³-hybridized carbons (Fsp3) is 0. The zero-order valence-electron chi connectivity index (χ0n) is 6.95. The van der Waals surface area contributed by atoms with Gasteiger partial charge in [-0.2, -0.15) is 0 Å². The number of hydrogen-bond acceptors (Lipinski definition) is 3. The Balaban J connectivity index is 2.56. The van der Waals surface area contributed by atoms with Crippen LogP contribution in [0.2, 0.25) is 0 Å². The van der Waals surface area contributed by atoms with Crippen molar-refractivity contribution in [2.45, 2.75) is 0 Å². The Morgan fingerprint density at radius 2 is 2.21 bits per heavy atom. The number of fused-ring (bicyclic) bond motifs is 1. The van der Waals surface area contributed by atoms with Gasteiger partial charge in [-0.3, -0.25) is 10.0 Å². The molecule has 1 aromatic carbocycles. The summed E-state index contributed by atoms with van der Waals surface area (Å²) in [6.07, 6.45) is 0. The van der Waals surface area contributed by atoms with Gasteiger partial charge < -0.3 is 0 Å². The standard InChI is InChI=1S/C9H6FNO2S/c10-6-2-1-5-3-8(9(12)11-13)14-7(5)4-6/h1-4,13H,(H,11,12). The average molecular weight is 211 g/mol. The molecule has 14 heavy (non-hydrogen) atoms. The molecule has 2 N–H and O–H groups in total. The molecule has 1 aromatic heterocycles. The van der Waals surface area contributed by atoms with Gasteiger partial charge in [-0.1, -0.05) is 6.07 Å². The predicted octanol–water partition coefficient (Wildman–Crippen LogP) is 2.16. The highest BCUT2D eigenvalue weighted by Crippen LogP contribution is 2.25. The third-order valence-corrected chi connectivity index (χ3v) is 2.90. The Hall–Kier alpha value is -1.46. The monoisotopic (exact) mass is 211 g/mol. The second kappa shape index (κ2) is 3.36. The molecular weight excluding hydrogens is 205 g/mol. The van der Waals surface area contributed by atoms with Crippen LogP contribution in [0.15, 0.2) is 24.3 Å². The third-order valence-electron chi connectivity index (χ3n) is 1.81. The highest BCUT2D eigenvalue weighted by Gasteiger charge is 2.09. The van der Waals surface area contributed by atoms with Crippen molar-refractivity contribution in [2.75, 3.05) is 0 Å². The van der Waals surface area contributed by atoms with Gasteiger partial charge >= 0.3 is 0 Å². The predicted molar refractivity (Wildman–Crippen MR) is 51.0 cm³/mol. The first-order chi connectivity index (χ1) is 6.70. The van der Waals surface area contributed by atoms with Crippen LogP contribution in [0.3, 0.4) is 0 Å². The summed E-state index contributed by atoms with van der Waals surface area (Å²) in [5, 5.41) is 9.19. The van der Waals surface area contributed by atoms with Gasteiger partial charge in [-0.25, -0.2) is 9.87 Å². The van der Waals surface area contributed by atoms with Crippen molar-refractivity contribution in [3.05, 3.63) is 35.0 Å². The smallest absolute Gasteiger partial charge is 0.284 e. The van der Waals surface area contributed by atoms with Crippen LogP contribution < -0.4 is 5.48 Å². The molecule has 2 aromatic rings. The van der Waals surface area contributed by atoms with Gasteiger partial charge in [0.15, 0.2) is 0 Å². The van der Waals surface area contributed by atoms with Crippen molar-refractivity contribution in [1.29, 1.82) is 0 Å². The molecule has 2 rings (SSSR count). The highest BCUT2D eigenvalue weighted by atomic mass is 32.1. The lowest BCUT2D eigenvalue weighted by molar-refractivity contribution is 0.0711. The number of benzene rings is 1. The summed E-state index contributed by atoms with van der Waals surface area (Å²) in [5.74, 6) is -0.915. The number of amides is 1. The first-order valence-electron chi connectivity index (χ1n) is 3.84. The van der Waals surface area contributed by atoms with Crippen molar-refractivity contribution < 1.29 is 14.4 Å². The van der Waals surface area contributed by atoms with E-state index in [0.717, 1.165) is 16.7 Å². The number of nitrogens with one attached hydrogen (secondary N) is 1. The lowest BCUT2D eigenvalue weighted by Crippen LogP contribution is -2.16. The van der Waals surface area contributed by atoms with Crippen molar-refractivity contribution in [1.82, 2.24) is 5.48 Å². The summed E-state index contributed by atoms with van der Waals surface area (Å²) in [6, 6.07) is 5.88. The number of carbonyl (C=O) groups is 1. The molecule has 0 fully saturated rings. The van der Waals surface area contributed by atoms with Crippen LogP contribution in [0.5, 0.6) is 0 Å². The van der Waals surface area contributed by atoms with Crippen LogP contribution in [-0.4, -0.2) is 11.1 Å². The fourth-order valence-corrected chi connectivity index (χ4v) is 2.15. The number of thiophene rings is 1. The largest absolute Gasteiger partial charge is 0.288 e. The van der Waals surface area contributed by atoms with Crippen LogP contribution in [0.25, 0.3) is 10.1 Å².